The second-order valence-electron chi connectivity index (χ2n) is 8.25. The number of fused-ring (bicyclic) bond motifs is 1. The summed E-state index contributed by atoms with van der Waals surface area (Å²) in [5.41, 5.74) is 6.40. The van der Waals surface area contributed by atoms with Gasteiger partial charge in [-0.1, -0.05) is 50.2 Å². The summed E-state index contributed by atoms with van der Waals surface area (Å²) in [6.07, 6.45) is 2.12. The molecule has 3 N–H and O–H groups in total. The Morgan fingerprint density at radius 2 is 1.81 bits per heavy atom. The number of benzene rings is 2. The monoisotopic (exact) mass is 434 g/mol. The van der Waals surface area contributed by atoms with Crippen molar-refractivity contribution in [3.05, 3.63) is 65.4 Å². The van der Waals surface area contributed by atoms with E-state index in [1.54, 1.807) is 6.21 Å². The minimum Gasteiger partial charge on any atom is -0.484 e. The van der Waals surface area contributed by atoms with Crippen LogP contribution in [0.5, 0.6) is 5.75 Å². The minimum atomic E-state index is -0.704. The van der Waals surface area contributed by atoms with Crippen molar-refractivity contribution in [3.63, 3.8) is 0 Å². The molecule has 0 aliphatic carbocycles. The van der Waals surface area contributed by atoms with Gasteiger partial charge in [0.05, 0.1) is 6.21 Å². The maximum absolute atomic E-state index is 12.7. The van der Waals surface area contributed by atoms with Gasteiger partial charge in [-0.3, -0.25) is 9.59 Å². The molecule has 0 saturated carbocycles. The van der Waals surface area contributed by atoms with Gasteiger partial charge in [-0.25, -0.2) is 5.43 Å². The third kappa shape index (κ3) is 5.97. The van der Waals surface area contributed by atoms with E-state index in [4.69, 9.17) is 4.74 Å². The molecule has 0 saturated heterocycles. The second kappa shape index (κ2) is 10.6. The highest BCUT2D eigenvalue weighted by molar-refractivity contribution is 6.01. The van der Waals surface area contributed by atoms with Gasteiger partial charge in [-0.15, -0.1) is 0 Å². The molecular weight excluding hydrogens is 404 g/mol. The van der Waals surface area contributed by atoms with Crippen molar-refractivity contribution in [3.8, 4) is 5.75 Å². The number of para-hydroxylation sites is 2. The van der Waals surface area contributed by atoms with Crippen molar-refractivity contribution >= 4 is 28.9 Å². The van der Waals surface area contributed by atoms with E-state index in [1.807, 2.05) is 76.2 Å². The number of rotatable bonds is 9. The molecule has 1 aromatic heterocycles. The summed E-state index contributed by atoms with van der Waals surface area (Å²) >= 11 is 0. The topological polar surface area (TPSA) is 95.6 Å². The van der Waals surface area contributed by atoms with E-state index in [1.165, 1.54) is 0 Å². The highest BCUT2D eigenvalue weighted by Gasteiger charge is 2.22. The number of carbonyl (C=O) groups excluding carboxylic acids is 2. The van der Waals surface area contributed by atoms with Crippen LogP contribution in [-0.4, -0.2) is 35.7 Å². The number of H-pyrrole nitrogens is 1. The quantitative estimate of drug-likeness (QED) is 0.353. The molecule has 0 spiro atoms. The van der Waals surface area contributed by atoms with Crippen molar-refractivity contribution in [1.29, 1.82) is 0 Å². The van der Waals surface area contributed by atoms with Crippen LogP contribution >= 0.6 is 0 Å². The Balaban J connectivity index is 1.61. The Hall–Kier alpha value is -3.61. The lowest BCUT2D eigenvalue weighted by molar-refractivity contribution is -0.130. The number of aryl methyl sites for hydroxylation is 2. The van der Waals surface area contributed by atoms with E-state index in [9.17, 15) is 9.59 Å². The Bertz CT molecular complexity index is 1120. The fraction of sp³-hybridized carbons (Fsp3) is 0.320. The third-order valence-electron chi connectivity index (χ3n) is 5.12. The van der Waals surface area contributed by atoms with Crippen LogP contribution in [0.25, 0.3) is 10.9 Å². The number of amides is 2. The molecule has 0 aliphatic heterocycles. The Kier molecular flexibility index (Phi) is 7.65. The molecule has 7 heteroatoms. The molecule has 2 aromatic carbocycles. The zero-order valence-electron chi connectivity index (χ0n) is 18.9. The first kappa shape index (κ1) is 23.1. The second-order valence-corrected chi connectivity index (χ2v) is 8.25. The Morgan fingerprint density at radius 3 is 2.56 bits per heavy atom. The molecule has 0 radical (unpaired) electrons. The summed E-state index contributed by atoms with van der Waals surface area (Å²) < 4.78 is 5.59. The molecule has 0 unspecified atom stereocenters. The Labute approximate surface area is 188 Å². The van der Waals surface area contributed by atoms with Crippen LogP contribution < -0.4 is 15.5 Å². The zero-order valence-corrected chi connectivity index (χ0v) is 18.9. The molecule has 0 bridgehead atoms. The van der Waals surface area contributed by atoms with Gasteiger partial charge < -0.3 is 15.0 Å². The van der Waals surface area contributed by atoms with Crippen molar-refractivity contribution in [2.75, 3.05) is 6.61 Å². The van der Waals surface area contributed by atoms with Gasteiger partial charge in [0.1, 0.15) is 11.8 Å². The average molecular weight is 435 g/mol. The van der Waals surface area contributed by atoms with E-state index in [0.717, 1.165) is 27.7 Å². The first-order chi connectivity index (χ1) is 15.3. The van der Waals surface area contributed by atoms with Crippen molar-refractivity contribution < 1.29 is 14.3 Å². The number of nitrogens with one attached hydrogen (secondary N) is 3. The zero-order chi connectivity index (χ0) is 23.1. The smallest absolute Gasteiger partial charge is 0.262 e. The predicted molar refractivity (Wildman–Crippen MR) is 127 cm³/mol. The molecule has 1 heterocycles. The largest absolute Gasteiger partial charge is 0.484 e. The van der Waals surface area contributed by atoms with Crippen LogP contribution in [0.3, 0.4) is 0 Å². The minimum absolute atomic E-state index is 0.162. The summed E-state index contributed by atoms with van der Waals surface area (Å²) in [4.78, 5) is 28.4. The SMILES string of the molecule is Cc1ccccc1OCC(=O)N[C@H](CC(C)C)C(=O)N/N=C\c1c(C)[nH]c2ccccc12. The number of carbonyl (C=O) groups is 2. The number of aromatic amines is 1. The van der Waals surface area contributed by atoms with Crippen LogP contribution in [-0.2, 0) is 9.59 Å². The van der Waals surface area contributed by atoms with Crippen LogP contribution in [0.15, 0.2) is 53.6 Å². The van der Waals surface area contributed by atoms with Gasteiger partial charge in [0, 0.05) is 22.2 Å². The maximum atomic E-state index is 12.7. The lowest BCUT2D eigenvalue weighted by atomic mass is 10.0. The van der Waals surface area contributed by atoms with Gasteiger partial charge in [-0.05, 0) is 43.9 Å². The summed E-state index contributed by atoms with van der Waals surface area (Å²) in [5, 5.41) is 7.94. The van der Waals surface area contributed by atoms with E-state index in [2.05, 4.69) is 20.8 Å². The van der Waals surface area contributed by atoms with E-state index < -0.39 is 6.04 Å². The molecule has 0 aliphatic rings. The number of hydrogen-bond donors (Lipinski definition) is 3. The highest BCUT2D eigenvalue weighted by atomic mass is 16.5. The normalized spacial score (nSPS) is 12.3. The van der Waals surface area contributed by atoms with Gasteiger partial charge in [-0.2, -0.15) is 5.10 Å². The van der Waals surface area contributed by atoms with Crippen LogP contribution in [0.1, 0.15) is 37.1 Å². The maximum Gasteiger partial charge on any atom is 0.262 e. The molecule has 3 rings (SSSR count). The molecule has 0 fully saturated rings. The summed E-state index contributed by atoms with van der Waals surface area (Å²) in [7, 11) is 0. The molecular formula is C25H30N4O3. The van der Waals surface area contributed by atoms with Gasteiger partial charge in [0.2, 0.25) is 0 Å². The van der Waals surface area contributed by atoms with E-state index >= 15 is 0 Å². The molecule has 3 aromatic rings. The van der Waals surface area contributed by atoms with E-state index in [0.29, 0.717) is 12.2 Å². The molecule has 1 atom stereocenters. The van der Waals surface area contributed by atoms with Crippen LogP contribution in [0.2, 0.25) is 0 Å². The average Bonchev–Trinajstić information content (AvgIpc) is 3.07. The summed E-state index contributed by atoms with van der Waals surface area (Å²) in [6.45, 7) is 7.70. The summed E-state index contributed by atoms with van der Waals surface area (Å²) in [6, 6.07) is 14.7. The van der Waals surface area contributed by atoms with Gasteiger partial charge in [0.25, 0.3) is 11.8 Å². The number of aromatic nitrogens is 1. The number of ether oxygens (including phenoxy) is 1. The first-order valence-electron chi connectivity index (χ1n) is 10.7. The number of nitrogens with zero attached hydrogens (tertiary/aromatic N) is 1. The Morgan fingerprint density at radius 1 is 1.09 bits per heavy atom. The predicted octanol–water partition coefficient (Wildman–Crippen LogP) is 3.84. The lowest BCUT2D eigenvalue weighted by Crippen LogP contribution is -2.47. The van der Waals surface area contributed by atoms with Crippen molar-refractivity contribution in [2.24, 2.45) is 11.0 Å². The first-order valence-corrected chi connectivity index (χ1v) is 10.7. The standard InChI is InChI=1S/C25H30N4O3/c1-16(2)13-22(28-24(30)15-32-23-12-8-5-9-17(23)3)25(31)29-26-14-20-18(4)27-21-11-7-6-10-19(20)21/h5-12,14,16,22,27H,13,15H2,1-4H3,(H,28,30)(H,29,31)/b26-14-/t22-/m1/s1. The molecule has 168 valence electrons. The molecule has 7 nitrogen and oxygen atoms in total. The molecule has 32 heavy (non-hydrogen) atoms. The van der Waals surface area contributed by atoms with Crippen LogP contribution in [0, 0.1) is 19.8 Å². The van der Waals surface area contributed by atoms with Gasteiger partial charge >= 0.3 is 0 Å². The molecule has 2 amide bonds. The van der Waals surface area contributed by atoms with E-state index in [-0.39, 0.29) is 24.3 Å². The van der Waals surface area contributed by atoms with Crippen molar-refractivity contribution in [2.45, 2.75) is 40.2 Å². The summed E-state index contributed by atoms with van der Waals surface area (Å²) in [5.74, 6) is 0.136. The third-order valence-corrected chi connectivity index (χ3v) is 5.12. The van der Waals surface area contributed by atoms with Gasteiger partial charge in [0.15, 0.2) is 6.61 Å². The fourth-order valence-corrected chi connectivity index (χ4v) is 3.50. The lowest BCUT2D eigenvalue weighted by Gasteiger charge is -2.19. The highest BCUT2D eigenvalue weighted by Crippen LogP contribution is 2.20. The van der Waals surface area contributed by atoms with Crippen LogP contribution in [0.4, 0.5) is 0 Å². The fourth-order valence-electron chi connectivity index (χ4n) is 3.50. The number of hydrazone groups is 1. The number of hydrogen-bond acceptors (Lipinski definition) is 4. The van der Waals surface area contributed by atoms with Crippen molar-refractivity contribution in [1.82, 2.24) is 15.7 Å².